The van der Waals surface area contributed by atoms with Crippen LogP contribution < -0.4 is 0 Å². The summed E-state index contributed by atoms with van der Waals surface area (Å²) in [6.07, 6.45) is 4.50. The van der Waals surface area contributed by atoms with Gasteiger partial charge < -0.3 is 4.90 Å². The third kappa shape index (κ3) is 3.69. The van der Waals surface area contributed by atoms with Crippen LogP contribution in [-0.4, -0.2) is 98.6 Å². The van der Waals surface area contributed by atoms with Gasteiger partial charge in [-0.25, -0.2) is 9.37 Å². The highest BCUT2D eigenvalue weighted by molar-refractivity contribution is 6.23. The summed E-state index contributed by atoms with van der Waals surface area (Å²) < 4.78 is 3.82. The summed E-state index contributed by atoms with van der Waals surface area (Å²) in [5.74, 6) is 0.944. The Morgan fingerprint density at radius 2 is 1.77 bits per heavy atom. The van der Waals surface area contributed by atoms with E-state index in [0.717, 1.165) is 43.0 Å². The molecule has 1 atom stereocenters. The number of aryl methyl sites for hydroxylation is 1. The number of urea groups is 1. The van der Waals surface area contributed by atoms with E-state index in [1.54, 1.807) is 7.05 Å². The van der Waals surface area contributed by atoms with Crippen LogP contribution in [0.4, 0.5) is 4.79 Å². The average Bonchev–Trinajstić information content (AvgIpc) is 3.26. The van der Waals surface area contributed by atoms with Crippen molar-refractivity contribution in [2.75, 3.05) is 39.8 Å². The van der Waals surface area contributed by atoms with Gasteiger partial charge in [-0.05, 0) is 53.1 Å². The highest BCUT2D eigenvalue weighted by Gasteiger charge is 2.53. The van der Waals surface area contributed by atoms with E-state index in [4.69, 9.17) is 4.99 Å². The van der Waals surface area contributed by atoms with Crippen molar-refractivity contribution in [3.63, 3.8) is 0 Å². The Morgan fingerprint density at radius 1 is 1.06 bits per heavy atom. The van der Waals surface area contributed by atoms with Gasteiger partial charge in [0.25, 0.3) is 5.91 Å². The van der Waals surface area contributed by atoms with E-state index < -0.39 is 6.04 Å². The monoisotopic (exact) mass is 428 g/mol. The molecule has 2 saturated heterocycles. The zero-order valence-electron chi connectivity index (χ0n) is 19.4. The molecule has 1 aromatic heterocycles. The minimum absolute atomic E-state index is 0.180. The van der Waals surface area contributed by atoms with Crippen LogP contribution in [0.25, 0.3) is 0 Å². The van der Waals surface area contributed by atoms with Crippen molar-refractivity contribution in [3.05, 3.63) is 17.0 Å². The molecule has 0 saturated carbocycles. The first kappa shape index (κ1) is 21.7. The maximum Gasteiger partial charge on any atom is 0.421 e. The van der Waals surface area contributed by atoms with Crippen LogP contribution in [-0.2, 0) is 4.79 Å². The van der Waals surface area contributed by atoms with Crippen molar-refractivity contribution in [1.29, 1.82) is 0 Å². The van der Waals surface area contributed by atoms with Crippen LogP contribution in [0.1, 0.15) is 49.6 Å². The first-order valence-electron chi connectivity index (χ1n) is 11.4. The molecular weight excluding hydrogens is 394 g/mol. The van der Waals surface area contributed by atoms with E-state index in [1.807, 2.05) is 30.0 Å². The molecule has 3 aliphatic rings. The molecule has 4 rings (SSSR count). The minimum Gasteiger partial charge on any atom is -0.302 e. The Balaban J connectivity index is 1.66. The predicted octanol–water partition coefficient (Wildman–Crippen LogP) is 1.60. The number of aliphatic imine (C=N–C) groups is 1. The van der Waals surface area contributed by atoms with Crippen molar-refractivity contribution in [2.24, 2.45) is 4.99 Å². The summed E-state index contributed by atoms with van der Waals surface area (Å²) in [5, 5.41) is 4.66. The SMILES string of the molecule is CCC[N+]1=C(n2nc(C)c(C)c2C)N=C2C1C(=O)N(CCN1CCCCC1)C(=O)N2C. The van der Waals surface area contributed by atoms with E-state index in [-0.39, 0.29) is 11.9 Å². The average molecular weight is 429 g/mol. The maximum atomic E-state index is 13.5. The number of hydrogen-bond donors (Lipinski definition) is 0. The van der Waals surface area contributed by atoms with Gasteiger partial charge in [0.05, 0.1) is 12.2 Å². The molecule has 0 aliphatic carbocycles. The normalized spacial score (nSPS) is 22.5. The number of rotatable bonds is 5. The van der Waals surface area contributed by atoms with E-state index in [9.17, 15) is 9.59 Å². The number of amidine groups is 1. The lowest BCUT2D eigenvalue weighted by Crippen LogP contribution is -2.63. The van der Waals surface area contributed by atoms with E-state index in [2.05, 4.69) is 16.9 Å². The lowest BCUT2D eigenvalue weighted by molar-refractivity contribution is -0.537. The van der Waals surface area contributed by atoms with Crippen LogP contribution >= 0.6 is 0 Å². The molecule has 168 valence electrons. The standard InChI is InChI=1S/C22H34N7O2/c1-6-10-27-18-19(23-21(27)29-17(4)15(2)16(3)24-29)25(5)22(31)28(20(18)30)14-13-26-11-8-7-9-12-26/h18H,6-14H2,1-5H3/q+1. The van der Waals surface area contributed by atoms with E-state index in [0.29, 0.717) is 24.9 Å². The number of likely N-dealkylation sites (N-methyl/N-ethyl adjacent to an activating group) is 1. The molecule has 0 aromatic carbocycles. The molecule has 1 unspecified atom stereocenters. The first-order chi connectivity index (χ1) is 14.8. The fraction of sp³-hybridized carbons (Fsp3) is 0.682. The predicted molar refractivity (Wildman–Crippen MR) is 119 cm³/mol. The number of aromatic nitrogens is 2. The number of fused-ring (bicyclic) bond motifs is 1. The fourth-order valence-electron chi connectivity index (χ4n) is 4.69. The van der Waals surface area contributed by atoms with Crippen molar-refractivity contribution >= 4 is 23.7 Å². The van der Waals surface area contributed by atoms with Gasteiger partial charge in [-0.3, -0.25) is 14.6 Å². The van der Waals surface area contributed by atoms with E-state index >= 15 is 0 Å². The number of carbonyl (C=O) groups is 2. The van der Waals surface area contributed by atoms with Crippen LogP contribution in [0.5, 0.6) is 0 Å². The van der Waals surface area contributed by atoms with Gasteiger partial charge in [-0.1, -0.05) is 18.3 Å². The smallest absolute Gasteiger partial charge is 0.302 e. The second-order valence-electron chi connectivity index (χ2n) is 8.81. The summed E-state index contributed by atoms with van der Waals surface area (Å²) in [7, 11) is 1.72. The summed E-state index contributed by atoms with van der Waals surface area (Å²) in [5.41, 5.74) is 3.05. The Labute approximate surface area is 184 Å². The van der Waals surface area contributed by atoms with Gasteiger partial charge in [-0.15, -0.1) is 9.78 Å². The number of nitrogens with zero attached hydrogens (tertiary/aromatic N) is 7. The molecule has 1 aromatic rings. The molecule has 4 heterocycles. The molecule has 9 heteroatoms. The zero-order valence-corrected chi connectivity index (χ0v) is 19.4. The largest absolute Gasteiger partial charge is 0.421 e. The molecule has 0 spiro atoms. The number of hydrogen-bond acceptors (Lipinski definition) is 5. The topological polar surface area (TPSA) is 77.0 Å². The molecule has 2 fully saturated rings. The van der Waals surface area contributed by atoms with Crippen molar-refractivity contribution < 1.29 is 14.2 Å². The van der Waals surface area contributed by atoms with E-state index in [1.165, 1.54) is 29.1 Å². The first-order valence-corrected chi connectivity index (χ1v) is 11.4. The molecule has 3 amide bonds. The highest BCUT2D eigenvalue weighted by Crippen LogP contribution is 2.22. The molecule has 0 bridgehead atoms. The summed E-state index contributed by atoms with van der Waals surface area (Å²) in [6, 6.07) is -0.873. The quantitative estimate of drug-likeness (QED) is 0.668. The summed E-state index contributed by atoms with van der Waals surface area (Å²) >= 11 is 0. The number of imide groups is 1. The van der Waals surface area contributed by atoms with Gasteiger partial charge >= 0.3 is 12.0 Å². The molecule has 31 heavy (non-hydrogen) atoms. The molecular formula is C22H34N7O2+. The lowest BCUT2D eigenvalue weighted by Gasteiger charge is -2.35. The lowest BCUT2D eigenvalue weighted by atomic mass is 10.1. The number of likely N-dealkylation sites (tertiary alicyclic amines) is 1. The van der Waals surface area contributed by atoms with Crippen LogP contribution in [0.2, 0.25) is 0 Å². The van der Waals surface area contributed by atoms with Gasteiger partial charge in [0.15, 0.2) is 0 Å². The minimum atomic E-state index is -0.580. The molecule has 0 radical (unpaired) electrons. The van der Waals surface area contributed by atoms with Crippen molar-refractivity contribution in [3.8, 4) is 0 Å². The van der Waals surface area contributed by atoms with Gasteiger partial charge in [-0.2, -0.15) is 0 Å². The number of amides is 3. The number of carbonyl (C=O) groups excluding carboxylic acids is 2. The number of piperidine rings is 1. The Kier molecular flexibility index (Phi) is 5.96. The molecule has 0 N–H and O–H groups in total. The van der Waals surface area contributed by atoms with Gasteiger partial charge in [0.2, 0.25) is 11.9 Å². The maximum absolute atomic E-state index is 13.5. The van der Waals surface area contributed by atoms with Gasteiger partial charge in [0.1, 0.15) is 5.69 Å². The second-order valence-corrected chi connectivity index (χ2v) is 8.81. The van der Waals surface area contributed by atoms with Crippen molar-refractivity contribution in [2.45, 2.75) is 59.4 Å². The molecule has 3 aliphatic heterocycles. The third-order valence-corrected chi connectivity index (χ3v) is 6.78. The van der Waals surface area contributed by atoms with Crippen LogP contribution in [0.15, 0.2) is 4.99 Å². The van der Waals surface area contributed by atoms with Crippen molar-refractivity contribution in [1.82, 2.24) is 24.5 Å². The summed E-state index contributed by atoms with van der Waals surface area (Å²) in [6.45, 7) is 12.0. The second kappa shape index (κ2) is 8.53. The third-order valence-electron chi connectivity index (χ3n) is 6.78. The Morgan fingerprint density at radius 3 is 2.39 bits per heavy atom. The Hall–Kier alpha value is -2.55. The highest BCUT2D eigenvalue weighted by atomic mass is 16.2. The van der Waals surface area contributed by atoms with Crippen LogP contribution in [0.3, 0.4) is 0 Å². The van der Waals surface area contributed by atoms with Crippen LogP contribution in [0, 0.1) is 20.8 Å². The van der Waals surface area contributed by atoms with Gasteiger partial charge in [0, 0.05) is 25.7 Å². The Bertz CT molecular complexity index is 955. The molecule has 9 nitrogen and oxygen atoms in total. The fourth-order valence-corrected chi connectivity index (χ4v) is 4.69. The summed E-state index contributed by atoms with van der Waals surface area (Å²) in [4.78, 5) is 36.7. The zero-order chi connectivity index (χ0) is 22.3.